The summed E-state index contributed by atoms with van der Waals surface area (Å²) < 4.78 is 5.99. The van der Waals surface area contributed by atoms with Crippen LogP contribution in [-0.2, 0) is 0 Å². The summed E-state index contributed by atoms with van der Waals surface area (Å²) in [5.74, 6) is 0.0829. The highest BCUT2D eigenvalue weighted by atomic mass is 32.1. The highest BCUT2D eigenvalue weighted by Crippen LogP contribution is 2.21. The number of hydrogen-bond donors (Lipinski definition) is 1. The Kier molecular flexibility index (Phi) is 5.04. The summed E-state index contributed by atoms with van der Waals surface area (Å²) in [6, 6.07) is 17.3. The molecule has 0 saturated heterocycles. The van der Waals surface area contributed by atoms with Crippen molar-refractivity contribution in [3.8, 4) is 0 Å². The molecule has 2 aromatic heterocycles. The third-order valence-electron chi connectivity index (χ3n) is 4.32. The quantitative estimate of drug-likeness (QED) is 0.501. The molecule has 28 heavy (non-hydrogen) atoms. The molecule has 0 atom stereocenters. The van der Waals surface area contributed by atoms with Gasteiger partial charge in [-0.1, -0.05) is 44.2 Å². The molecule has 0 radical (unpaired) electrons. The molecule has 4 rings (SSSR count). The van der Waals surface area contributed by atoms with Crippen molar-refractivity contribution in [3.05, 3.63) is 82.9 Å². The van der Waals surface area contributed by atoms with Gasteiger partial charge in [0.25, 0.3) is 5.91 Å². The van der Waals surface area contributed by atoms with Crippen LogP contribution in [0.1, 0.15) is 35.7 Å². The summed E-state index contributed by atoms with van der Waals surface area (Å²) in [4.78, 5) is 21.6. The predicted octanol–water partition coefficient (Wildman–Crippen LogP) is 5.50. The summed E-state index contributed by atoms with van der Waals surface area (Å²) in [5, 5.41) is 5.98. The van der Waals surface area contributed by atoms with E-state index >= 15 is 0 Å². The predicted molar refractivity (Wildman–Crippen MR) is 112 cm³/mol. The molecule has 140 valence electrons. The van der Waals surface area contributed by atoms with Crippen LogP contribution in [0, 0.1) is 0 Å². The fraction of sp³-hybridized carbons (Fsp3) is 0.136. The number of carbonyl (C=O) groups excluding carboxylic acids is 1. The molecule has 6 heteroatoms. The van der Waals surface area contributed by atoms with Crippen LogP contribution in [0.4, 0.5) is 10.8 Å². The summed E-state index contributed by atoms with van der Waals surface area (Å²) >= 11 is 1.36. The van der Waals surface area contributed by atoms with Crippen molar-refractivity contribution >= 4 is 39.0 Å². The number of nitrogens with one attached hydrogen (secondary N) is 1. The Morgan fingerprint density at radius 2 is 2.00 bits per heavy atom. The van der Waals surface area contributed by atoms with Crippen LogP contribution in [0.3, 0.4) is 0 Å². The minimum Gasteiger partial charge on any atom is -0.438 e. The molecule has 4 aromatic rings. The van der Waals surface area contributed by atoms with Crippen molar-refractivity contribution in [3.63, 3.8) is 0 Å². The normalized spacial score (nSPS) is 11.9. The van der Waals surface area contributed by atoms with E-state index in [4.69, 9.17) is 4.42 Å². The Bertz CT molecular complexity index is 1190. The first-order valence-corrected chi connectivity index (χ1v) is 9.86. The van der Waals surface area contributed by atoms with Crippen LogP contribution in [-0.4, -0.2) is 10.9 Å². The lowest BCUT2D eigenvalue weighted by Crippen LogP contribution is -2.21. The number of anilines is 1. The number of thiazole rings is 1. The number of para-hydroxylation sites is 1. The van der Waals surface area contributed by atoms with Crippen LogP contribution in [0.15, 0.2) is 75.6 Å². The molecule has 1 N–H and O–H groups in total. The van der Waals surface area contributed by atoms with E-state index in [9.17, 15) is 4.79 Å². The van der Waals surface area contributed by atoms with Crippen LogP contribution in [0.5, 0.6) is 0 Å². The summed E-state index contributed by atoms with van der Waals surface area (Å²) in [6.45, 7) is 4.26. The van der Waals surface area contributed by atoms with Gasteiger partial charge in [0.2, 0.25) is 5.55 Å². The fourth-order valence-corrected chi connectivity index (χ4v) is 3.36. The maximum atomic E-state index is 12.9. The largest absolute Gasteiger partial charge is 0.438 e. The number of carbonyl (C=O) groups is 1. The maximum Gasteiger partial charge on any atom is 0.262 e. The van der Waals surface area contributed by atoms with Gasteiger partial charge in [-0.05, 0) is 35.7 Å². The second-order valence-electron chi connectivity index (χ2n) is 6.66. The van der Waals surface area contributed by atoms with Crippen molar-refractivity contribution in [2.24, 2.45) is 4.99 Å². The molecule has 0 unspecified atom stereocenters. The lowest BCUT2D eigenvalue weighted by molar-refractivity contribution is 0.102. The summed E-state index contributed by atoms with van der Waals surface area (Å²) in [6.07, 6.45) is 1.65. The topological polar surface area (TPSA) is 67.5 Å². The molecule has 1 amide bonds. The Hall–Kier alpha value is -3.25. The molecule has 0 spiro atoms. The van der Waals surface area contributed by atoms with Gasteiger partial charge in [0, 0.05) is 17.0 Å². The number of nitrogens with zero attached hydrogens (tertiary/aromatic N) is 2. The van der Waals surface area contributed by atoms with Gasteiger partial charge >= 0.3 is 0 Å². The van der Waals surface area contributed by atoms with Crippen molar-refractivity contribution in [2.75, 3.05) is 5.32 Å². The average molecular weight is 389 g/mol. The molecule has 0 fully saturated rings. The molecular formula is C22H19N3O2S. The van der Waals surface area contributed by atoms with Crippen LogP contribution in [0.25, 0.3) is 11.0 Å². The van der Waals surface area contributed by atoms with Gasteiger partial charge in [-0.15, -0.1) is 11.3 Å². The Morgan fingerprint density at radius 3 is 2.79 bits per heavy atom. The lowest BCUT2D eigenvalue weighted by atomic mass is 10.0. The molecule has 0 aliphatic heterocycles. The summed E-state index contributed by atoms with van der Waals surface area (Å²) in [7, 11) is 0. The average Bonchev–Trinajstić information content (AvgIpc) is 3.20. The Labute approximate surface area is 166 Å². The molecule has 2 aromatic carbocycles. The molecule has 2 heterocycles. The third kappa shape index (κ3) is 3.87. The maximum absolute atomic E-state index is 12.9. The minimum absolute atomic E-state index is 0.272. The number of benzene rings is 2. The number of rotatable bonds is 4. The Morgan fingerprint density at radius 1 is 1.14 bits per heavy atom. The lowest BCUT2D eigenvalue weighted by Gasteiger charge is -2.07. The zero-order valence-corrected chi connectivity index (χ0v) is 16.4. The molecule has 0 saturated carbocycles. The standard InChI is InChI=1S/C22H19N3O2S/c1-14(2)15-7-5-8-17(12-15)24-21-18(20(26)25-22-23-10-11-28-22)13-16-6-3-4-9-19(16)27-21/h3-14H,1-2H3,(H,23,25,26). The molecule has 0 aliphatic carbocycles. The molecule has 5 nitrogen and oxygen atoms in total. The van der Waals surface area contributed by atoms with Crippen LogP contribution >= 0.6 is 11.3 Å². The van der Waals surface area contributed by atoms with Gasteiger partial charge in [0.05, 0.1) is 5.69 Å². The van der Waals surface area contributed by atoms with E-state index in [1.807, 2.05) is 47.8 Å². The SMILES string of the molecule is CC(C)c1cccc(N=c2oc3ccccc3cc2C(=O)Nc2nccs2)c1. The molecule has 0 bridgehead atoms. The van der Waals surface area contributed by atoms with E-state index < -0.39 is 0 Å². The minimum atomic E-state index is -0.303. The first kappa shape index (κ1) is 18.1. The van der Waals surface area contributed by atoms with E-state index in [2.05, 4.69) is 35.2 Å². The monoisotopic (exact) mass is 389 g/mol. The number of aromatic nitrogens is 1. The van der Waals surface area contributed by atoms with Crippen LogP contribution < -0.4 is 10.9 Å². The smallest absolute Gasteiger partial charge is 0.262 e. The van der Waals surface area contributed by atoms with Crippen LogP contribution in [0.2, 0.25) is 0 Å². The van der Waals surface area contributed by atoms with Crippen molar-refractivity contribution in [2.45, 2.75) is 19.8 Å². The first-order chi connectivity index (χ1) is 13.6. The second kappa shape index (κ2) is 7.78. The van der Waals surface area contributed by atoms with Gasteiger partial charge in [0.1, 0.15) is 11.1 Å². The van der Waals surface area contributed by atoms with E-state index in [-0.39, 0.29) is 11.5 Å². The zero-order valence-electron chi connectivity index (χ0n) is 15.5. The van der Waals surface area contributed by atoms with Gasteiger partial charge in [-0.2, -0.15) is 0 Å². The van der Waals surface area contributed by atoms with Crippen molar-refractivity contribution < 1.29 is 9.21 Å². The first-order valence-electron chi connectivity index (χ1n) is 8.98. The highest BCUT2D eigenvalue weighted by Gasteiger charge is 2.14. The van der Waals surface area contributed by atoms with E-state index in [1.165, 1.54) is 16.9 Å². The van der Waals surface area contributed by atoms with Gasteiger partial charge in [0.15, 0.2) is 5.13 Å². The van der Waals surface area contributed by atoms with Gasteiger partial charge < -0.3 is 4.42 Å². The highest BCUT2D eigenvalue weighted by molar-refractivity contribution is 7.13. The van der Waals surface area contributed by atoms with E-state index in [1.54, 1.807) is 12.3 Å². The molecule has 0 aliphatic rings. The number of hydrogen-bond acceptors (Lipinski definition) is 5. The van der Waals surface area contributed by atoms with Gasteiger partial charge in [-0.3, -0.25) is 10.1 Å². The molecular weight excluding hydrogens is 370 g/mol. The van der Waals surface area contributed by atoms with Crippen molar-refractivity contribution in [1.82, 2.24) is 4.98 Å². The summed E-state index contributed by atoms with van der Waals surface area (Å²) in [5.41, 5.74) is 3.23. The number of amides is 1. The van der Waals surface area contributed by atoms with E-state index in [0.717, 1.165) is 11.1 Å². The number of fused-ring (bicyclic) bond motifs is 1. The fourth-order valence-electron chi connectivity index (χ4n) is 2.84. The van der Waals surface area contributed by atoms with Crippen molar-refractivity contribution in [1.29, 1.82) is 0 Å². The van der Waals surface area contributed by atoms with E-state index in [0.29, 0.717) is 22.2 Å². The Balaban J connectivity index is 1.85. The third-order valence-corrected chi connectivity index (χ3v) is 5.01. The zero-order chi connectivity index (χ0) is 19.5. The van der Waals surface area contributed by atoms with Gasteiger partial charge in [-0.25, -0.2) is 9.98 Å². The second-order valence-corrected chi connectivity index (χ2v) is 7.55.